The number of fused-ring (bicyclic) bond motifs is 1. The topological polar surface area (TPSA) is 65.8 Å². The lowest BCUT2D eigenvalue weighted by molar-refractivity contribution is -0.148. The van der Waals surface area contributed by atoms with Gasteiger partial charge in [0.15, 0.2) is 11.5 Å². The van der Waals surface area contributed by atoms with Crippen molar-refractivity contribution in [1.82, 2.24) is 24.8 Å². The van der Waals surface area contributed by atoms with Gasteiger partial charge in [-0.2, -0.15) is 5.10 Å². The molecular formula is C29H38N6O. The molecule has 1 N–H and O–H groups in total. The summed E-state index contributed by atoms with van der Waals surface area (Å²) in [7, 11) is 0. The Labute approximate surface area is 213 Å². The van der Waals surface area contributed by atoms with Crippen molar-refractivity contribution in [1.29, 1.82) is 0 Å². The maximum Gasteiger partial charge on any atom is 0.228 e. The van der Waals surface area contributed by atoms with E-state index in [1.54, 1.807) is 0 Å². The first-order chi connectivity index (χ1) is 17.5. The minimum atomic E-state index is -0.134. The molecule has 1 unspecified atom stereocenters. The number of hydrogen-bond donors (Lipinski definition) is 1. The molecule has 1 amide bonds. The summed E-state index contributed by atoms with van der Waals surface area (Å²) >= 11 is 0. The molecule has 1 aromatic carbocycles. The van der Waals surface area contributed by atoms with Gasteiger partial charge in [-0.3, -0.25) is 4.79 Å². The normalized spacial score (nSPS) is 24.2. The Morgan fingerprint density at radius 2 is 1.86 bits per heavy atom. The molecule has 3 aliphatic heterocycles. The van der Waals surface area contributed by atoms with Crippen LogP contribution in [0.1, 0.15) is 56.0 Å². The number of pyridine rings is 1. The summed E-state index contributed by atoms with van der Waals surface area (Å²) in [6.07, 6.45) is 8.05. The van der Waals surface area contributed by atoms with Crippen molar-refractivity contribution >= 4 is 17.2 Å². The number of benzene rings is 1. The van der Waals surface area contributed by atoms with Crippen LogP contribution in [0.4, 0.5) is 5.69 Å². The van der Waals surface area contributed by atoms with Crippen LogP contribution in [0, 0.1) is 12.3 Å². The highest BCUT2D eigenvalue weighted by atomic mass is 16.2. The summed E-state index contributed by atoms with van der Waals surface area (Å²) in [6, 6.07) is 13.1. The van der Waals surface area contributed by atoms with E-state index in [0.717, 1.165) is 81.9 Å². The highest BCUT2D eigenvalue weighted by molar-refractivity contribution is 5.83. The van der Waals surface area contributed by atoms with Gasteiger partial charge in [0.1, 0.15) is 0 Å². The number of rotatable bonds is 5. The van der Waals surface area contributed by atoms with E-state index in [2.05, 4.69) is 71.6 Å². The Bertz CT molecular complexity index is 1240. The number of anilines is 1. The number of nitrogens with one attached hydrogen (secondary N) is 1. The molecule has 5 heterocycles. The van der Waals surface area contributed by atoms with E-state index >= 15 is 0 Å². The standard InChI is InChI=1S/C29H38N6O/c1-22-19-24(34-18-13-28(2,21-34)23-7-4-3-5-8-23)20-35-26(22)31-25(32-35)9-17-33-16-6-10-29(27(33)36)11-14-30-15-12-29/h3-5,7-8,19-20,30H,6,9-18,21H2,1-2H3. The first-order valence-corrected chi connectivity index (χ1v) is 13.6. The SMILES string of the molecule is Cc1cc(N2CCC(C)(c3ccccc3)C2)cn2nc(CCN3CCCC4(CCNCC4)C3=O)nc12. The Balaban J connectivity index is 1.16. The molecule has 0 bridgehead atoms. The van der Waals surface area contributed by atoms with Gasteiger partial charge in [-0.15, -0.1) is 0 Å². The predicted octanol–water partition coefficient (Wildman–Crippen LogP) is 3.74. The van der Waals surface area contributed by atoms with Crippen LogP contribution in [-0.2, 0) is 16.6 Å². The monoisotopic (exact) mass is 486 g/mol. The lowest BCUT2D eigenvalue weighted by Gasteiger charge is -2.44. The van der Waals surface area contributed by atoms with E-state index in [1.807, 2.05) is 4.52 Å². The summed E-state index contributed by atoms with van der Waals surface area (Å²) in [6.45, 7) is 10.0. The van der Waals surface area contributed by atoms with Crippen molar-refractivity contribution in [2.45, 2.75) is 57.8 Å². The van der Waals surface area contributed by atoms with Gasteiger partial charge >= 0.3 is 0 Å². The minimum Gasteiger partial charge on any atom is -0.369 e. The second-order valence-corrected chi connectivity index (χ2v) is 11.5. The van der Waals surface area contributed by atoms with E-state index in [1.165, 1.54) is 11.3 Å². The molecule has 0 saturated carbocycles. The molecule has 190 valence electrons. The van der Waals surface area contributed by atoms with Crippen LogP contribution in [0.2, 0.25) is 0 Å². The third kappa shape index (κ3) is 4.17. The van der Waals surface area contributed by atoms with Crippen LogP contribution in [0.5, 0.6) is 0 Å². The number of amides is 1. The lowest BCUT2D eigenvalue weighted by Crippen LogP contribution is -2.53. The molecule has 3 saturated heterocycles. The van der Waals surface area contributed by atoms with Gasteiger partial charge in [0, 0.05) is 38.0 Å². The predicted molar refractivity (Wildman–Crippen MR) is 142 cm³/mol. The number of hydrogen-bond acceptors (Lipinski definition) is 5. The smallest absolute Gasteiger partial charge is 0.228 e. The van der Waals surface area contributed by atoms with Crippen LogP contribution in [-0.4, -0.2) is 64.7 Å². The minimum absolute atomic E-state index is 0.134. The average Bonchev–Trinajstić information content (AvgIpc) is 3.51. The third-order valence-corrected chi connectivity index (χ3v) is 8.95. The second-order valence-electron chi connectivity index (χ2n) is 11.5. The molecule has 6 rings (SSSR count). The summed E-state index contributed by atoms with van der Waals surface area (Å²) in [5.74, 6) is 1.18. The van der Waals surface area contributed by atoms with Crippen LogP contribution in [0.25, 0.3) is 5.65 Å². The second kappa shape index (κ2) is 9.18. The van der Waals surface area contributed by atoms with Crippen molar-refractivity contribution in [3.05, 3.63) is 59.5 Å². The van der Waals surface area contributed by atoms with Gasteiger partial charge in [0.2, 0.25) is 5.91 Å². The fraction of sp³-hybridized carbons (Fsp3) is 0.552. The van der Waals surface area contributed by atoms with Crippen molar-refractivity contribution in [2.75, 3.05) is 44.2 Å². The fourth-order valence-corrected chi connectivity index (χ4v) is 6.68. The zero-order valence-corrected chi connectivity index (χ0v) is 21.7. The van der Waals surface area contributed by atoms with Crippen molar-refractivity contribution < 1.29 is 4.79 Å². The molecule has 2 aromatic heterocycles. The van der Waals surface area contributed by atoms with Gasteiger partial charge in [-0.25, -0.2) is 9.50 Å². The summed E-state index contributed by atoms with van der Waals surface area (Å²) in [5.41, 5.74) is 4.69. The average molecular weight is 487 g/mol. The Hall–Kier alpha value is -2.93. The van der Waals surface area contributed by atoms with Crippen molar-refractivity contribution in [3.63, 3.8) is 0 Å². The summed E-state index contributed by atoms with van der Waals surface area (Å²) in [4.78, 5) is 22.8. The lowest BCUT2D eigenvalue weighted by atomic mass is 9.72. The molecule has 3 aromatic rings. The van der Waals surface area contributed by atoms with E-state index in [-0.39, 0.29) is 10.8 Å². The zero-order chi connectivity index (χ0) is 24.8. The molecule has 36 heavy (non-hydrogen) atoms. The molecule has 3 aliphatic rings. The third-order valence-electron chi connectivity index (χ3n) is 8.95. The number of piperidine rings is 2. The van der Waals surface area contributed by atoms with Crippen LogP contribution < -0.4 is 10.2 Å². The van der Waals surface area contributed by atoms with Crippen LogP contribution in [0.15, 0.2) is 42.6 Å². The summed E-state index contributed by atoms with van der Waals surface area (Å²) in [5, 5.41) is 8.25. The molecule has 0 aliphatic carbocycles. The Kier molecular flexibility index (Phi) is 5.98. The number of aromatic nitrogens is 3. The van der Waals surface area contributed by atoms with Crippen LogP contribution >= 0.6 is 0 Å². The maximum absolute atomic E-state index is 13.3. The molecule has 1 spiro atoms. The van der Waals surface area contributed by atoms with Gasteiger partial charge in [0.25, 0.3) is 0 Å². The number of carbonyl (C=O) groups excluding carboxylic acids is 1. The zero-order valence-electron chi connectivity index (χ0n) is 21.7. The maximum atomic E-state index is 13.3. The van der Waals surface area contributed by atoms with Crippen molar-refractivity contribution in [2.24, 2.45) is 5.41 Å². The number of likely N-dealkylation sites (tertiary alicyclic amines) is 1. The quantitative estimate of drug-likeness (QED) is 0.595. The highest BCUT2D eigenvalue weighted by Crippen LogP contribution is 2.39. The number of aryl methyl sites for hydroxylation is 1. The van der Waals surface area contributed by atoms with Crippen LogP contribution in [0.3, 0.4) is 0 Å². The highest BCUT2D eigenvalue weighted by Gasteiger charge is 2.44. The molecule has 7 heteroatoms. The molecule has 7 nitrogen and oxygen atoms in total. The number of nitrogens with zero attached hydrogens (tertiary/aromatic N) is 5. The largest absolute Gasteiger partial charge is 0.369 e. The van der Waals surface area contributed by atoms with E-state index < -0.39 is 0 Å². The van der Waals surface area contributed by atoms with E-state index in [4.69, 9.17) is 10.1 Å². The van der Waals surface area contributed by atoms with Gasteiger partial charge in [-0.05, 0) is 69.3 Å². The first-order valence-electron chi connectivity index (χ1n) is 13.6. The Morgan fingerprint density at radius 3 is 2.67 bits per heavy atom. The Morgan fingerprint density at radius 1 is 1.06 bits per heavy atom. The first kappa shape index (κ1) is 23.5. The van der Waals surface area contributed by atoms with Gasteiger partial charge < -0.3 is 15.1 Å². The van der Waals surface area contributed by atoms with E-state index in [9.17, 15) is 4.79 Å². The van der Waals surface area contributed by atoms with E-state index in [0.29, 0.717) is 18.9 Å². The van der Waals surface area contributed by atoms with Gasteiger partial charge in [-0.1, -0.05) is 37.3 Å². The fourth-order valence-electron chi connectivity index (χ4n) is 6.68. The molecule has 1 atom stereocenters. The molecule has 3 fully saturated rings. The number of carbonyl (C=O) groups is 1. The molecule has 0 radical (unpaired) electrons. The van der Waals surface area contributed by atoms with Gasteiger partial charge in [0.05, 0.1) is 17.3 Å². The summed E-state index contributed by atoms with van der Waals surface area (Å²) < 4.78 is 1.95. The van der Waals surface area contributed by atoms with Crippen molar-refractivity contribution in [3.8, 4) is 0 Å². The molecular weight excluding hydrogens is 448 g/mol.